The number of hydrogen-bond donors (Lipinski definition) is 1. The van der Waals surface area contributed by atoms with Gasteiger partial charge in [-0.05, 0) is 43.2 Å². The summed E-state index contributed by atoms with van der Waals surface area (Å²) < 4.78 is 0. The molecular weight excluding hydrogens is 414 g/mol. The quantitative estimate of drug-likeness (QED) is 0.778. The lowest BCUT2D eigenvalue weighted by atomic mass is 9.91. The van der Waals surface area contributed by atoms with Crippen LogP contribution < -0.4 is 0 Å². The van der Waals surface area contributed by atoms with Crippen molar-refractivity contribution in [2.45, 2.75) is 57.4 Å². The van der Waals surface area contributed by atoms with Crippen LogP contribution in [-0.4, -0.2) is 76.0 Å². The minimum Gasteiger partial charge on any atom is -0.342 e. The Hall–Kier alpha value is -2.67. The van der Waals surface area contributed by atoms with Crippen LogP contribution in [0.2, 0.25) is 0 Å². The van der Waals surface area contributed by atoms with Crippen LogP contribution in [0.3, 0.4) is 0 Å². The topological polar surface area (TPSA) is 72.5 Å². The van der Waals surface area contributed by atoms with Gasteiger partial charge in [-0.15, -0.1) is 0 Å². The maximum atomic E-state index is 13.2. The van der Waals surface area contributed by atoms with Gasteiger partial charge in [-0.2, -0.15) is 5.10 Å². The summed E-state index contributed by atoms with van der Waals surface area (Å²) in [5, 5.41) is 7.35. The summed E-state index contributed by atoms with van der Waals surface area (Å²) in [6.45, 7) is 5.45. The van der Waals surface area contributed by atoms with Gasteiger partial charge in [0.2, 0.25) is 5.91 Å². The van der Waals surface area contributed by atoms with Crippen molar-refractivity contribution in [2.75, 3.05) is 39.3 Å². The highest BCUT2D eigenvalue weighted by molar-refractivity contribution is 5.95. The predicted octanol–water partition coefficient (Wildman–Crippen LogP) is 3.19. The molecule has 3 aliphatic heterocycles. The molecule has 1 N–H and O–H groups in total. The zero-order valence-corrected chi connectivity index (χ0v) is 19.5. The first-order chi connectivity index (χ1) is 16.2. The summed E-state index contributed by atoms with van der Waals surface area (Å²) in [5.41, 5.74) is 4.45. The highest BCUT2D eigenvalue weighted by Gasteiger charge is 2.30. The Morgan fingerprint density at radius 2 is 1.64 bits per heavy atom. The number of H-pyrrole nitrogens is 1. The van der Waals surface area contributed by atoms with Crippen molar-refractivity contribution < 1.29 is 9.59 Å². The Labute approximate surface area is 196 Å². The van der Waals surface area contributed by atoms with Crippen molar-refractivity contribution in [3.05, 3.63) is 52.8 Å². The number of carbonyl (C=O) groups is 2. The molecule has 7 heteroatoms. The highest BCUT2D eigenvalue weighted by Crippen LogP contribution is 2.30. The standard InChI is InChI=1S/C26H35N5O2/c32-24(19-29-14-9-20-7-3-4-8-22(20)18-29)30-15-10-21(11-16-30)25-23(17-27-28-25)26(33)31-12-5-1-2-6-13-31/h3-4,7-8,17,21H,1-2,5-6,9-16,18-19H2,(H,27,28). The first-order valence-electron chi connectivity index (χ1n) is 12.6. The molecule has 0 atom stereocenters. The second-order valence-electron chi connectivity index (χ2n) is 9.79. The van der Waals surface area contributed by atoms with E-state index >= 15 is 0 Å². The van der Waals surface area contributed by atoms with Crippen molar-refractivity contribution in [1.29, 1.82) is 0 Å². The SMILES string of the molecule is O=C(CN1CCc2ccccc2C1)N1CCC(c2[nH]ncc2C(=O)N2CCCCCC2)CC1. The molecule has 33 heavy (non-hydrogen) atoms. The van der Waals surface area contributed by atoms with Gasteiger partial charge >= 0.3 is 0 Å². The summed E-state index contributed by atoms with van der Waals surface area (Å²) in [6.07, 6.45) is 9.04. The van der Waals surface area contributed by atoms with E-state index in [1.54, 1.807) is 6.20 Å². The second-order valence-corrected chi connectivity index (χ2v) is 9.79. The first kappa shape index (κ1) is 22.1. The monoisotopic (exact) mass is 449 g/mol. The number of aromatic amines is 1. The van der Waals surface area contributed by atoms with Crippen LogP contribution >= 0.6 is 0 Å². The Bertz CT molecular complexity index is 971. The van der Waals surface area contributed by atoms with Gasteiger partial charge in [0.15, 0.2) is 0 Å². The van der Waals surface area contributed by atoms with Gasteiger partial charge in [0, 0.05) is 45.2 Å². The van der Waals surface area contributed by atoms with E-state index in [-0.39, 0.29) is 17.7 Å². The van der Waals surface area contributed by atoms with E-state index in [0.717, 1.165) is 82.6 Å². The number of nitrogens with zero attached hydrogens (tertiary/aromatic N) is 4. The Morgan fingerprint density at radius 1 is 0.909 bits per heavy atom. The van der Waals surface area contributed by atoms with E-state index in [1.807, 2.05) is 9.80 Å². The highest BCUT2D eigenvalue weighted by atomic mass is 16.2. The largest absolute Gasteiger partial charge is 0.342 e. The third kappa shape index (κ3) is 4.98. The molecule has 7 nitrogen and oxygen atoms in total. The smallest absolute Gasteiger partial charge is 0.257 e. The lowest BCUT2D eigenvalue weighted by Crippen LogP contribution is -2.45. The molecule has 0 aliphatic carbocycles. The minimum atomic E-state index is 0.115. The molecule has 3 aliphatic rings. The van der Waals surface area contributed by atoms with Crippen LogP contribution in [-0.2, 0) is 17.8 Å². The van der Waals surface area contributed by atoms with E-state index in [1.165, 1.54) is 24.0 Å². The number of hydrogen-bond acceptors (Lipinski definition) is 4. The number of aromatic nitrogens is 2. The average Bonchev–Trinajstić information content (AvgIpc) is 3.18. The summed E-state index contributed by atoms with van der Waals surface area (Å²) >= 11 is 0. The fourth-order valence-electron chi connectivity index (χ4n) is 5.62. The lowest BCUT2D eigenvalue weighted by Gasteiger charge is -2.35. The normalized spacial score (nSPS) is 20.4. The molecular formula is C26H35N5O2. The van der Waals surface area contributed by atoms with Gasteiger partial charge in [0.05, 0.1) is 24.0 Å². The van der Waals surface area contributed by atoms with Crippen molar-refractivity contribution in [3.63, 3.8) is 0 Å². The zero-order valence-electron chi connectivity index (χ0n) is 19.5. The van der Waals surface area contributed by atoms with E-state index in [9.17, 15) is 9.59 Å². The number of fused-ring (bicyclic) bond motifs is 1. The summed E-state index contributed by atoms with van der Waals surface area (Å²) in [5.74, 6) is 0.590. The van der Waals surface area contributed by atoms with Gasteiger partial charge in [-0.25, -0.2) is 0 Å². The molecule has 0 saturated carbocycles. The third-order valence-corrected chi connectivity index (χ3v) is 7.62. The molecule has 2 amide bonds. The molecule has 2 fully saturated rings. The van der Waals surface area contributed by atoms with E-state index in [4.69, 9.17) is 0 Å². The molecule has 176 valence electrons. The van der Waals surface area contributed by atoms with E-state index in [0.29, 0.717) is 6.54 Å². The van der Waals surface area contributed by atoms with Crippen molar-refractivity contribution in [1.82, 2.24) is 24.9 Å². The number of rotatable bonds is 4. The van der Waals surface area contributed by atoms with Crippen LogP contribution in [0, 0.1) is 0 Å². The number of benzene rings is 1. The number of carbonyl (C=O) groups excluding carboxylic acids is 2. The van der Waals surface area contributed by atoms with E-state index in [2.05, 4.69) is 39.4 Å². The van der Waals surface area contributed by atoms with Crippen LogP contribution in [0.4, 0.5) is 0 Å². The summed E-state index contributed by atoms with van der Waals surface area (Å²) in [6, 6.07) is 8.54. The second kappa shape index (κ2) is 10.1. The molecule has 5 rings (SSSR count). The van der Waals surface area contributed by atoms with Crippen LogP contribution in [0.15, 0.2) is 30.5 Å². The summed E-state index contributed by atoms with van der Waals surface area (Å²) in [7, 11) is 0. The molecule has 0 bridgehead atoms. The van der Waals surface area contributed by atoms with Gasteiger partial charge in [-0.3, -0.25) is 19.6 Å². The van der Waals surface area contributed by atoms with Gasteiger partial charge in [0.25, 0.3) is 5.91 Å². The molecule has 0 unspecified atom stereocenters. The van der Waals surface area contributed by atoms with Crippen molar-refractivity contribution in [2.24, 2.45) is 0 Å². The Kier molecular flexibility index (Phi) is 6.76. The molecule has 1 aromatic heterocycles. The van der Waals surface area contributed by atoms with Crippen molar-refractivity contribution in [3.8, 4) is 0 Å². The molecule has 4 heterocycles. The number of likely N-dealkylation sites (tertiary alicyclic amines) is 2. The lowest BCUT2D eigenvalue weighted by molar-refractivity contribution is -0.133. The number of amides is 2. The van der Waals surface area contributed by atoms with Crippen LogP contribution in [0.1, 0.15) is 71.6 Å². The molecule has 0 radical (unpaired) electrons. The number of nitrogens with one attached hydrogen (secondary N) is 1. The Morgan fingerprint density at radius 3 is 2.39 bits per heavy atom. The summed E-state index contributed by atoms with van der Waals surface area (Å²) in [4.78, 5) is 32.4. The zero-order chi connectivity index (χ0) is 22.6. The minimum absolute atomic E-state index is 0.115. The first-order valence-corrected chi connectivity index (χ1v) is 12.6. The average molecular weight is 450 g/mol. The molecule has 0 spiro atoms. The van der Waals surface area contributed by atoms with Crippen LogP contribution in [0.5, 0.6) is 0 Å². The van der Waals surface area contributed by atoms with Gasteiger partial charge in [0.1, 0.15) is 0 Å². The maximum Gasteiger partial charge on any atom is 0.257 e. The molecule has 2 aromatic rings. The Balaban J connectivity index is 1.15. The number of piperidine rings is 1. The van der Waals surface area contributed by atoms with Crippen LogP contribution in [0.25, 0.3) is 0 Å². The van der Waals surface area contributed by atoms with Crippen molar-refractivity contribution >= 4 is 11.8 Å². The van der Waals surface area contributed by atoms with Gasteiger partial charge < -0.3 is 9.80 Å². The fraction of sp³-hybridized carbons (Fsp3) is 0.577. The van der Waals surface area contributed by atoms with E-state index < -0.39 is 0 Å². The fourth-order valence-corrected chi connectivity index (χ4v) is 5.62. The third-order valence-electron chi connectivity index (χ3n) is 7.62. The van der Waals surface area contributed by atoms with Gasteiger partial charge in [-0.1, -0.05) is 37.1 Å². The maximum absolute atomic E-state index is 13.2. The predicted molar refractivity (Wildman–Crippen MR) is 127 cm³/mol. The molecule has 1 aromatic carbocycles. The molecule has 2 saturated heterocycles.